The van der Waals surface area contributed by atoms with Gasteiger partial charge in [-0.1, -0.05) is 36.9 Å². The Hall–Kier alpha value is -3.65. The van der Waals surface area contributed by atoms with Gasteiger partial charge in [0.05, 0.1) is 13.2 Å². The van der Waals surface area contributed by atoms with Crippen molar-refractivity contribution in [1.29, 1.82) is 0 Å². The molecule has 1 atom stereocenters. The van der Waals surface area contributed by atoms with Gasteiger partial charge in [-0.2, -0.15) is 0 Å². The number of nitrogens with zero attached hydrogens (tertiary/aromatic N) is 2. The van der Waals surface area contributed by atoms with Crippen LogP contribution in [0.2, 0.25) is 0 Å². The van der Waals surface area contributed by atoms with Crippen molar-refractivity contribution in [3.8, 4) is 5.75 Å². The van der Waals surface area contributed by atoms with Crippen molar-refractivity contribution in [1.82, 2.24) is 15.1 Å². The van der Waals surface area contributed by atoms with Gasteiger partial charge in [0.2, 0.25) is 11.8 Å². The zero-order chi connectivity index (χ0) is 23.7. The Kier molecular flexibility index (Phi) is 6.06. The van der Waals surface area contributed by atoms with E-state index in [0.717, 1.165) is 16.7 Å². The molecule has 3 aliphatic rings. The van der Waals surface area contributed by atoms with Gasteiger partial charge in [0, 0.05) is 29.9 Å². The number of carbonyl (C=O) groups is 3. The lowest BCUT2D eigenvalue weighted by molar-refractivity contribution is -0.143. The van der Waals surface area contributed by atoms with Crippen LogP contribution in [-0.2, 0) is 34.0 Å². The van der Waals surface area contributed by atoms with E-state index in [2.05, 4.69) is 11.9 Å². The number of allylic oxidation sites excluding steroid dienone is 1. The van der Waals surface area contributed by atoms with E-state index in [1.54, 1.807) is 21.9 Å². The summed E-state index contributed by atoms with van der Waals surface area (Å²) in [5, 5.41) is 2.76. The molecule has 0 spiro atoms. The minimum Gasteiger partial charge on any atom is -0.489 e. The van der Waals surface area contributed by atoms with Crippen molar-refractivity contribution >= 4 is 17.7 Å². The standard InChI is InChI=1S/C26H27N3O5/c1-17-5-10-22(25(31)27-17)29-14-21-20(26(29)32)3-2-4-23(21)34-15-19-8-6-18(7-9-19)13-28-11-12-33-16-24(28)30/h2-4,6-9,22H,1,5,10-16H2,(H,27,31)/t22-/m1/s1. The number of piperidine rings is 1. The Bertz CT molecular complexity index is 1140. The zero-order valence-corrected chi connectivity index (χ0v) is 18.9. The molecule has 3 amide bonds. The lowest BCUT2D eigenvalue weighted by Crippen LogP contribution is -2.49. The number of morpholine rings is 1. The molecule has 2 saturated heterocycles. The van der Waals surface area contributed by atoms with Gasteiger partial charge in [-0.25, -0.2) is 0 Å². The molecule has 0 aliphatic carbocycles. The van der Waals surface area contributed by atoms with Gasteiger partial charge in [-0.15, -0.1) is 0 Å². The molecular formula is C26H27N3O5. The molecular weight excluding hydrogens is 434 g/mol. The Morgan fingerprint density at radius 3 is 2.65 bits per heavy atom. The van der Waals surface area contributed by atoms with Crippen LogP contribution in [0.15, 0.2) is 54.7 Å². The topological polar surface area (TPSA) is 88.2 Å². The van der Waals surface area contributed by atoms with E-state index >= 15 is 0 Å². The molecule has 8 nitrogen and oxygen atoms in total. The number of ether oxygens (including phenoxy) is 2. The number of rotatable bonds is 6. The molecule has 2 aromatic rings. The third kappa shape index (κ3) is 4.41. The highest BCUT2D eigenvalue weighted by Crippen LogP contribution is 2.34. The quantitative estimate of drug-likeness (QED) is 0.714. The van der Waals surface area contributed by atoms with Crippen molar-refractivity contribution in [3.63, 3.8) is 0 Å². The molecule has 2 fully saturated rings. The van der Waals surface area contributed by atoms with Gasteiger partial charge in [-0.05, 0) is 36.1 Å². The zero-order valence-electron chi connectivity index (χ0n) is 18.9. The molecule has 0 unspecified atom stereocenters. The van der Waals surface area contributed by atoms with Crippen LogP contribution in [0, 0.1) is 0 Å². The second-order valence-corrected chi connectivity index (χ2v) is 8.84. The highest BCUT2D eigenvalue weighted by molar-refractivity contribution is 6.02. The average Bonchev–Trinajstić information content (AvgIpc) is 3.17. The Balaban J connectivity index is 1.23. The molecule has 176 valence electrons. The molecule has 0 radical (unpaired) electrons. The summed E-state index contributed by atoms with van der Waals surface area (Å²) in [6.07, 6.45) is 1.23. The molecule has 34 heavy (non-hydrogen) atoms. The first kappa shape index (κ1) is 22.2. The molecule has 8 heteroatoms. The number of carbonyl (C=O) groups excluding carboxylic acids is 3. The van der Waals surface area contributed by atoms with Crippen LogP contribution in [0.1, 0.15) is 39.9 Å². The Morgan fingerprint density at radius 1 is 1.09 bits per heavy atom. The van der Waals surface area contributed by atoms with Gasteiger partial charge >= 0.3 is 0 Å². The largest absolute Gasteiger partial charge is 0.489 e. The lowest BCUT2D eigenvalue weighted by atomic mass is 10.0. The summed E-state index contributed by atoms with van der Waals surface area (Å²) in [5.74, 6) is 0.335. The fourth-order valence-corrected chi connectivity index (χ4v) is 4.61. The summed E-state index contributed by atoms with van der Waals surface area (Å²) < 4.78 is 11.3. The third-order valence-corrected chi connectivity index (χ3v) is 6.53. The fraction of sp³-hybridized carbons (Fsp3) is 0.346. The maximum absolute atomic E-state index is 13.0. The molecule has 3 aliphatic heterocycles. The first-order valence-electron chi connectivity index (χ1n) is 11.5. The highest BCUT2D eigenvalue weighted by Gasteiger charge is 2.39. The van der Waals surface area contributed by atoms with E-state index in [9.17, 15) is 14.4 Å². The summed E-state index contributed by atoms with van der Waals surface area (Å²) in [4.78, 5) is 40.8. The van der Waals surface area contributed by atoms with Crippen LogP contribution in [0.3, 0.4) is 0 Å². The Morgan fingerprint density at radius 2 is 1.88 bits per heavy atom. The fourth-order valence-electron chi connectivity index (χ4n) is 4.61. The van der Waals surface area contributed by atoms with Crippen LogP contribution in [0.25, 0.3) is 0 Å². The van der Waals surface area contributed by atoms with Crippen LogP contribution in [-0.4, -0.2) is 53.3 Å². The van der Waals surface area contributed by atoms with Crippen LogP contribution >= 0.6 is 0 Å². The number of fused-ring (bicyclic) bond motifs is 1. The second kappa shape index (κ2) is 9.30. The second-order valence-electron chi connectivity index (χ2n) is 8.84. The molecule has 2 aromatic carbocycles. The van der Waals surface area contributed by atoms with Crippen LogP contribution in [0.4, 0.5) is 0 Å². The van der Waals surface area contributed by atoms with E-state index in [4.69, 9.17) is 9.47 Å². The summed E-state index contributed by atoms with van der Waals surface area (Å²) in [6.45, 7) is 6.40. The normalized spacial score (nSPS) is 20.4. The van der Waals surface area contributed by atoms with Gasteiger partial charge in [0.25, 0.3) is 5.91 Å². The van der Waals surface area contributed by atoms with Gasteiger partial charge in [-0.3, -0.25) is 14.4 Å². The Labute approximate surface area is 198 Å². The number of nitrogens with one attached hydrogen (secondary N) is 1. The van der Waals surface area contributed by atoms with E-state index < -0.39 is 6.04 Å². The third-order valence-electron chi connectivity index (χ3n) is 6.53. The smallest absolute Gasteiger partial charge is 0.255 e. The lowest BCUT2D eigenvalue weighted by Gasteiger charge is -2.31. The molecule has 0 aromatic heterocycles. The van der Waals surface area contributed by atoms with Gasteiger partial charge < -0.3 is 24.6 Å². The van der Waals surface area contributed by atoms with E-state index in [0.29, 0.717) is 62.7 Å². The monoisotopic (exact) mass is 461 g/mol. The molecule has 3 heterocycles. The highest BCUT2D eigenvalue weighted by atomic mass is 16.5. The van der Waals surface area contributed by atoms with Crippen molar-refractivity contribution in [2.24, 2.45) is 0 Å². The van der Waals surface area contributed by atoms with E-state index in [-0.39, 0.29) is 24.3 Å². The van der Waals surface area contributed by atoms with Gasteiger partial charge in [0.15, 0.2) is 0 Å². The molecule has 0 saturated carbocycles. The predicted molar refractivity (Wildman–Crippen MR) is 124 cm³/mol. The first-order chi connectivity index (χ1) is 16.5. The molecule has 5 rings (SSSR count). The molecule has 1 N–H and O–H groups in total. The van der Waals surface area contributed by atoms with E-state index in [1.807, 2.05) is 30.3 Å². The summed E-state index contributed by atoms with van der Waals surface area (Å²) in [6, 6.07) is 12.9. The van der Waals surface area contributed by atoms with Crippen molar-refractivity contribution in [2.45, 2.75) is 38.6 Å². The predicted octanol–water partition coefficient (Wildman–Crippen LogP) is 2.37. The number of benzene rings is 2. The maximum atomic E-state index is 13.0. The average molecular weight is 462 g/mol. The van der Waals surface area contributed by atoms with Crippen LogP contribution < -0.4 is 10.1 Å². The summed E-state index contributed by atoms with van der Waals surface area (Å²) in [7, 11) is 0. The maximum Gasteiger partial charge on any atom is 0.255 e. The number of hydrogen-bond acceptors (Lipinski definition) is 5. The minimum absolute atomic E-state index is 0.0100. The summed E-state index contributed by atoms with van der Waals surface area (Å²) >= 11 is 0. The number of amides is 3. The number of hydrogen-bond donors (Lipinski definition) is 1. The van der Waals surface area contributed by atoms with E-state index in [1.165, 1.54) is 0 Å². The van der Waals surface area contributed by atoms with Crippen molar-refractivity contribution < 1.29 is 23.9 Å². The van der Waals surface area contributed by atoms with Crippen molar-refractivity contribution in [2.75, 3.05) is 19.8 Å². The summed E-state index contributed by atoms with van der Waals surface area (Å²) in [5.41, 5.74) is 4.12. The minimum atomic E-state index is -0.496. The van der Waals surface area contributed by atoms with Crippen LogP contribution in [0.5, 0.6) is 5.75 Å². The van der Waals surface area contributed by atoms with Crippen molar-refractivity contribution in [3.05, 3.63) is 77.0 Å². The first-order valence-corrected chi connectivity index (χ1v) is 11.5. The SMILES string of the molecule is C=C1CC[C@@H](N2Cc3c(OCc4ccc(CN5CCOCC5=O)cc4)cccc3C2=O)C(=O)N1. The molecule has 0 bridgehead atoms. The van der Waals surface area contributed by atoms with Gasteiger partial charge in [0.1, 0.15) is 25.0 Å².